The summed E-state index contributed by atoms with van der Waals surface area (Å²) in [5, 5.41) is 3.88. The number of amides is 1. The number of aryl methyl sites for hydroxylation is 2. The van der Waals surface area contributed by atoms with Crippen LogP contribution in [0.15, 0.2) is 0 Å². The quantitative estimate of drug-likeness (QED) is 0.871. The zero-order chi connectivity index (χ0) is 11.8. The molecule has 0 radical (unpaired) electrons. The van der Waals surface area contributed by atoms with Gasteiger partial charge in [-0.15, -0.1) is 11.3 Å². The maximum absolute atomic E-state index is 11.9. The summed E-state index contributed by atoms with van der Waals surface area (Å²) in [6.07, 6.45) is 0. The normalized spacial score (nSPS) is 17.9. The molecular formula is C11H16N2O2S. The fourth-order valence-electron chi connectivity index (χ4n) is 1.67. The van der Waals surface area contributed by atoms with Crippen LogP contribution in [-0.2, 0) is 4.74 Å². The number of rotatable bonds is 3. The minimum Gasteiger partial charge on any atom is -0.380 e. The second kappa shape index (κ2) is 4.14. The van der Waals surface area contributed by atoms with E-state index in [9.17, 15) is 4.79 Å². The van der Waals surface area contributed by atoms with Gasteiger partial charge in [0.05, 0.1) is 23.9 Å². The van der Waals surface area contributed by atoms with Crippen molar-refractivity contribution in [3.05, 3.63) is 15.6 Å². The third-order valence-electron chi connectivity index (χ3n) is 2.69. The molecule has 5 heteroatoms. The van der Waals surface area contributed by atoms with Crippen molar-refractivity contribution in [2.75, 3.05) is 19.8 Å². The molecular weight excluding hydrogens is 224 g/mol. The van der Waals surface area contributed by atoms with Crippen molar-refractivity contribution < 1.29 is 9.53 Å². The lowest BCUT2D eigenvalue weighted by Gasteiger charge is -2.37. The summed E-state index contributed by atoms with van der Waals surface area (Å²) in [6, 6.07) is 0. The van der Waals surface area contributed by atoms with Crippen molar-refractivity contribution in [3.8, 4) is 0 Å². The first-order valence-electron chi connectivity index (χ1n) is 5.30. The van der Waals surface area contributed by atoms with Gasteiger partial charge in [0, 0.05) is 12.0 Å². The highest BCUT2D eigenvalue weighted by Crippen LogP contribution is 2.25. The second-order valence-electron chi connectivity index (χ2n) is 4.63. The zero-order valence-corrected chi connectivity index (χ0v) is 10.6. The van der Waals surface area contributed by atoms with Crippen LogP contribution < -0.4 is 5.32 Å². The average molecular weight is 240 g/mol. The smallest absolute Gasteiger partial charge is 0.263 e. The molecule has 1 fully saturated rings. The van der Waals surface area contributed by atoms with Crippen molar-refractivity contribution in [1.29, 1.82) is 0 Å². The van der Waals surface area contributed by atoms with Gasteiger partial charge in [0.2, 0.25) is 0 Å². The van der Waals surface area contributed by atoms with Gasteiger partial charge < -0.3 is 10.1 Å². The van der Waals surface area contributed by atoms with Crippen molar-refractivity contribution in [1.82, 2.24) is 10.3 Å². The van der Waals surface area contributed by atoms with Gasteiger partial charge in [-0.25, -0.2) is 4.98 Å². The lowest BCUT2D eigenvalue weighted by molar-refractivity contribution is -0.0978. The largest absolute Gasteiger partial charge is 0.380 e. The zero-order valence-electron chi connectivity index (χ0n) is 9.79. The summed E-state index contributed by atoms with van der Waals surface area (Å²) in [6.45, 7) is 8.02. The maximum atomic E-state index is 11.9. The van der Waals surface area contributed by atoms with E-state index in [2.05, 4.69) is 17.2 Å². The Labute approximate surface area is 99.0 Å². The van der Waals surface area contributed by atoms with E-state index in [1.165, 1.54) is 11.3 Å². The number of carbonyl (C=O) groups excluding carboxylic acids is 1. The van der Waals surface area contributed by atoms with Gasteiger partial charge in [-0.05, 0) is 13.8 Å². The van der Waals surface area contributed by atoms with Gasteiger partial charge in [0.25, 0.3) is 5.91 Å². The molecule has 1 aromatic rings. The van der Waals surface area contributed by atoms with Crippen molar-refractivity contribution >= 4 is 17.2 Å². The molecule has 0 atom stereocenters. The lowest BCUT2D eigenvalue weighted by Crippen LogP contribution is -2.48. The molecule has 0 bridgehead atoms. The molecule has 0 aromatic carbocycles. The number of nitrogens with one attached hydrogen (secondary N) is 1. The molecule has 0 unspecified atom stereocenters. The van der Waals surface area contributed by atoms with E-state index < -0.39 is 0 Å². The molecule has 88 valence electrons. The molecule has 1 saturated heterocycles. The summed E-state index contributed by atoms with van der Waals surface area (Å²) < 4.78 is 5.14. The molecule has 1 aromatic heterocycles. The first-order chi connectivity index (χ1) is 7.50. The van der Waals surface area contributed by atoms with Crippen LogP contribution in [-0.4, -0.2) is 30.6 Å². The van der Waals surface area contributed by atoms with E-state index in [4.69, 9.17) is 4.74 Å². The Balaban J connectivity index is 1.95. The summed E-state index contributed by atoms with van der Waals surface area (Å²) in [7, 11) is 0. The van der Waals surface area contributed by atoms with Crippen LogP contribution in [0, 0.1) is 19.3 Å². The Bertz CT molecular complexity index is 410. The Hall–Kier alpha value is -0.940. The number of aromatic nitrogens is 1. The minimum atomic E-state index is -0.0174. The molecule has 0 saturated carbocycles. The van der Waals surface area contributed by atoms with E-state index in [1.807, 2.05) is 13.8 Å². The summed E-state index contributed by atoms with van der Waals surface area (Å²) >= 11 is 1.44. The number of ether oxygens (including phenoxy) is 1. The number of thiazole rings is 1. The third-order valence-corrected chi connectivity index (χ3v) is 3.76. The number of hydrogen-bond acceptors (Lipinski definition) is 4. The first kappa shape index (κ1) is 11.5. The van der Waals surface area contributed by atoms with Gasteiger partial charge in [0.15, 0.2) is 0 Å². The highest BCUT2D eigenvalue weighted by molar-refractivity contribution is 7.13. The van der Waals surface area contributed by atoms with Gasteiger partial charge >= 0.3 is 0 Å². The monoisotopic (exact) mass is 240 g/mol. The highest BCUT2D eigenvalue weighted by atomic mass is 32.1. The van der Waals surface area contributed by atoms with Gasteiger partial charge in [0.1, 0.15) is 4.88 Å². The van der Waals surface area contributed by atoms with Crippen LogP contribution in [0.2, 0.25) is 0 Å². The van der Waals surface area contributed by atoms with Crippen molar-refractivity contribution in [2.24, 2.45) is 5.41 Å². The van der Waals surface area contributed by atoms with Crippen LogP contribution in [0.3, 0.4) is 0 Å². The molecule has 4 nitrogen and oxygen atoms in total. The third kappa shape index (κ3) is 2.25. The fraction of sp³-hybridized carbons (Fsp3) is 0.636. The van der Waals surface area contributed by atoms with Crippen LogP contribution in [0.1, 0.15) is 27.3 Å². The maximum Gasteiger partial charge on any atom is 0.263 e. The Morgan fingerprint density at radius 3 is 2.69 bits per heavy atom. The Morgan fingerprint density at radius 1 is 1.56 bits per heavy atom. The predicted molar refractivity (Wildman–Crippen MR) is 62.8 cm³/mol. The van der Waals surface area contributed by atoms with Crippen molar-refractivity contribution in [3.63, 3.8) is 0 Å². The van der Waals surface area contributed by atoms with Crippen LogP contribution in [0.5, 0.6) is 0 Å². The second-order valence-corrected chi connectivity index (χ2v) is 5.84. The highest BCUT2D eigenvalue weighted by Gasteiger charge is 2.33. The van der Waals surface area contributed by atoms with E-state index in [1.54, 1.807) is 0 Å². The number of nitrogens with zero attached hydrogens (tertiary/aromatic N) is 1. The molecule has 0 aliphatic carbocycles. The summed E-state index contributed by atoms with van der Waals surface area (Å²) in [5.74, 6) is -0.0174. The van der Waals surface area contributed by atoms with E-state index in [0.717, 1.165) is 28.8 Å². The molecule has 1 aliphatic heterocycles. The SMILES string of the molecule is Cc1nc(C)c(C(=O)NCC2(C)COC2)s1. The van der Waals surface area contributed by atoms with Crippen LogP contribution in [0.4, 0.5) is 0 Å². The van der Waals surface area contributed by atoms with Gasteiger partial charge in [-0.1, -0.05) is 6.92 Å². The molecule has 16 heavy (non-hydrogen) atoms. The Kier molecular flexibility index (Phi) is 2.99. The number of carbonyl (C=O) groups is 1. The van der Waals surface area contributed by atoms with Crippen LogP contribution >= 0.6 is 11.3 Å². The minimum absolute atomic E-state index is 0.0174. The van der Waals surface area contributed by atoms with Crippen LogP contribution in [0.25, 0.3) is 0 Å². The topological polar surface area (TPSA) is 51.2 Å². The molecule has 1 N–H and O–H groups in total. The average Bonchev–Trinajstić information content (AvgIpc) is 2.51. The molecule has 2 rings (SSSR count). The van der Waals surface area contributed by atoms with Gasteiger partial charge in [-0.2, -0.15) is 0 Å². The first-order valence-corrected chi connectivity index (χ1v) is 6.12. The molecule has 1 aliphatic rings. The Morgan fingerprint density at radius 2 is 2.25 bits per heavy atom. The summed E-state index contributed by atoms with van der Waals surface area (Å²) in [4.78, 5) is 16.9. The van der Waals surface area contributed by atoms with Gasteiger partial charge in [-0.3, -0.25) is 4.79 Å². The standard InChI is InChI=1S/C11H16N2O2S/c1-7-9(16-8(2)13-7)10(14)12-4-11(3)5-15-6-11/h4-6H2,1-3H3,(H,12,14). The van der Waals surface area contributed by atoms with E-state index in [0.29, 0.717) is 6.54 Å². The number of hydrogen-bond donors (Lipinski definition) is 1. The molecule has 1 amide bonds. The lowest BCUT2D eigenvalue weighted by atomic mass is 9.89. The fourth-order valence-corrected chi connectivity index (χ4v) is 2.50. The molecule has 0 spiro atoms. The van der Waals surface area contributed by atoms with Crippen molar-refractivity contribution in [2.45, 2.75) is 20.8 Å². The summed E-state index contributed by atoms with van der Waals surface area (Å²) in [5.41, 5.74) is 0.929. The van der Waals surface area contributed by atoms with E-state index in [-0.39, 0.29) is 11.3 Å². The predicted octanol–water partition coefficient (Wildman–Crippen LogP) is 1.53. The molecule has 2 heterocycles. The van der Waals surface area contributed by atoms with E-state index >= 15 is 0 Å².